The Hall–Kier alpha value is -2.81. The van der Waals surface area contributed by atoms with E-state index in [2.05, 4.69) is 26.0 Å². The zero-order valence-electron chi connectivity index (χ0n) is 23.6. The van der Waals surface area contributed by atoms with Gasteiger partial charge in [0, 0.05) is 11.1 Å². The molecule has 0 spiro atoms. The average Bonchev–Trinajstić information content (AvgIpc) is 2.95. The lowest BCUT2D eigenvalue weighted by molar-refractivity contribution is 0.375. The van der Waals surface area contributed by atoms with Crippen LogP contribution in [0.4, 0.5) is 13.2 Å². The van der Waals surface area contributed by atoms with E-state index in [1.54, 1.807) is 42.5 Å². The van der Waals surface area contributed by atoms with Gasteiger partial charge in [-0.15, -0.1) is 0 Å². The molecule has 0 atom stereocenters. The number of allylic oxidation sites excluding steroid dienone is 2. The van der Waals surface area contributed by atoms with Gasteiger partial charge in [-0.05, 0) is 85.6 Å². The lowest BCUT2D eigenvalue weighted by Crippen LogP contribution is -2.12. The monoisotopic (exact) mass is 532 g/mol. The van der Waals surface area contributed by atoms with Gasteiger partial charge in [-0.3, -0.25) is 0 Å². The molecule has 0 radical (unpaired) electrons. The third kappa shape index (κ3) is 7.65. The SMILES string of the molecule is C/C=C/C1CCC(c2ccc(-c3ccc(-c4ccc(CCCCCCCCC)c(F)c4F)cc3)c(F)c2)CC1. The molecule has 3 aromatic rings. The molecule has 1 saturated carbocycles. The third-order valence-corrected chi connectivity index (χ3v) is 8.42. The van der Waals surface area contributed by atoms with Gasteiger partial charge in [-0.25, -0.2) is 13.2 Å². The van der Waals surface area contributed by atoms with Crippen molar-refractivity contribution in [2.45, 2.75) is 96.8 Å². The van der Waals surface area contributed by atoms with Crippen LogP contribution in [-0.2, 0) is 6.42 Å². The second-order valence-electron chi connectivity index (χ2n) is 11.2. The molecule has 0 N–H and O–H groups in total. The summed E-state index contributed by atoms with van der Waals surface area (Å²) in [6.45, 7) is 4.27. The maximum atomic E-state index is 15.2. The van der Waals surface area contributed by atoms with Crippen LogP contribution in [0.1, 0.15) is 102 Å². The minimum Gasteiger partial charge on any atom is -0.206 e. The second kappa shape index (κ2) is 14.5. The zero-order chi connectivity index (χ0) is 27.6. The Balaban J connectivity index is 1.39. The van der Waals surface area contributed by atoms with Crippen LogP contribution in [0.5, 0.6) is 0 Å². The highest BCUT2D eigenvalue weighted by Gasteiger charge is 2.22. The molecular weight excluding hydrogens is 489 g/mol. The number of aryl methyl sites for hydroxylation is 1. The van der Waals surface area contributed by atoms with Crippen molar-refractivity contribution in [1.29, 1.82) is 0 Å². The molecular formula is C36H43F3. The van der Waals surface area contributed by atoms with Crippen LogP contribution in [0, 0.1) is 23.4 Å². The van der Waals surface area contributed by atoms with Gasteiger partial charge in [-0.2, -0.15) is 0 Å². The molecule has 1 fully saturated rings. The minimum atomic E-state index is -0.803. The second-order valence-corrected chi connectivity index (χ2v) is 11.2. The van der Waals surface area contributed by atoms with Crippen molar-refractivity contribution in [2.24, 2.45) is 5.92 Å². The molecule has 0 saturated heterocycles. The summed E-state index contributed by atoms with van der Waals surface area (Å²) >= 11 is 0. The Kier molecular flexibility index (Phi) is 10.9. The summed E-state index contributed by atoms with van der Waals surface area (Å²) in [6.07, 6.45) is 17.5. The molecule has 0 amide bonds. The van der Waals surface area contributed by atoms with Gasteiger partial charge in [0.05, 0.1) is 0 Å². The fourth-order valence-corrected chi connectivity index (χ4v) is 6.04. The van der Waals surface area contributed by atoms with E-state index in [9.17, 15) is 8.78 Å². The molecule has 0 aliphatic heterocycles. The standard InChI is InChI=1S/C36H43F3/c1-3-5-6-7-8-9-10-12-30-21-24-33(36(39)35(30)38)29-19-17-28(18-20-29)32-23-22-31(25-34(32)37)27-15-13-26(11-4-2)14-16-27/h4,11,17-27H,3,5-10,12-16H2,1-2H3/b11-4+. The smallest absolute Gasteiger partial charge is 0.166 e. The fraction of sp³-hybridized carbons (Fsp3) is 0.444. The summed E-state index contributed by atoms with van der Waals surface area (Å²) in [6, 6.07) is 16.1. The van der Waals surface area contributed by atoms with Crippen molar-refractivity contribution < 1.29 is 13.2 Å². The van der Waals surface area contributed by atoms with Crippen LogP contribution < -0.4 is 0 Å². The van der Waals surface area contributed by atoms with Crippen molar-refractivity contribution in [3.8, 4) is 22.3 Å². The van der Waals surface area contributed by atoms with Crippen LogP contribution in [0.25, 0.3) is 22.3 Å². The lowest BCUT2D eigenvalue weighted by Gasteiger charge is -2.27. The van der Waals surface area contributed by atoms with E-state index in [4.69, 9.17) is 0 Å². The highest BCUT2D eigenvalue weighted by Crippen LogP contribution is 2.38. The van der Waals surface area contributed by atoms with E-state index in [0.717, 1.165) is 56.1 Å². The van der Waals surface area contributed by atoms with Gasteiger partial charge in [0.1, 0.15) is 5.82 Å². The average molecular weight is 533 g/mol. The maximum Gasteiger partial charge on any atom is 0.166 e. The summed E-state index contributed by atoms with van der Waals surface area (Å²) in [7, 11) is 0. The number of unbranched alkanes of at least 4 members (excludes halogenated alkanes) is 6. The molecule has 3 aromatic carbocycles. The Morgan fingerprint density at radius 3 is 1.95 bits per heavy atom. The molecule has 3 heteroatoms. The summed E-state index contributed by atoms with van der Waals surface area (Å²) in [5.41, 5.74) is 3.61. The summed E-state index contributed by atoms with van der Waals surface area (Å²) in [5.74, 6) is -0.729. The molecule has 0 bridgehead atoms. The van der Waals surface area contributed by atoms with Gasteiger partial charge in [0.25, 0.3) is 0 Å². The quantitative estimate of drug-likeness (QED) is 0.161. The highest BCUT2D eigenvalue weighted by atomic mass is 19.2. The number of hydrogen-bond donors (Lipinski definition) is 0. The predicted molar refractivity (Wildman–Crippen MR) is 158 cm³/mol. The summed E-state index contributed by atoms with van der Waals surface area (Å²) in [5, 5.41) is 0. The topological polar surface area (TPSA) is 0 Å². The van der Waals surface area contributed by atoms with Gasteiger partial charge in [0.15, 0.2) is 11.6 Å². The van der Waals surface area contributed by atoms with Gasteiger partial charge < -0.3 is 0 Å². The Labute approximate surface area is 233 Å². The van der Waals surface area contributed by atoms with E-state index >= 15 is 4.39 Å². The molecule has 39 heavy (non-hydrogen) atoms. The number of halogens is 3. The van der Waals surface area contributed by atoms with Crippen molar-refractivity contribution in [2.75, 3.05) is 0 Å². The first-order valence-electron chi connectivity index (χ1n) is 15.0. The fourth-order valence-electron chi connectivity index (χ4n) is 6.04. The number of benzene rings is 3. The van der Waals surface area contributed by atoms with E-state index in [1.165, 1.54) is 25.7 Å². The molecule has 4 rings (SSSR count). The van der Waals surface area contributed by atoms with Crippen LogP contribution in [0.3, 0.4) is 0 Å². The molecule has 0 aromatic heterocycles. The highest BCUT2D eigenvalue weighted by molar-refractivity contribution is 5.71. The van der Waals surface area contributed by atoms with Crippen molar-refractivity contribution in [3.05, 3.63) is 95.3 Å². The Morgan fingerprint density at radius 1 is 0.692 bits per heavy atom. The molecule has 1 aliphatic rings. The van der Waals surface area contributed by atoms with Gasteiger partial charge in [-0.1, -0.05) is 106 Å². The summed E-state index contributed by atoms with van der Waals surface area (Å²) in [4.78, 5) is 0. The molecule has 0 nitrogen and oxygen atoms in total. The van der Waals surface area contributed by atoms with E-state index in [-0.39, 0.29) is 11.4 Å². The first kappa shape index (κ1) is 29.2. The first-order valence-corrected chi connectivity index (χ1v) is 15.0. The zero-order valence-corrected chi connectivity index (χ0v) is 23.6. The normalized spacial score (nSPS) is 17.7. The van der Waals surface area contributed by atoms with Crippen LogP contribution in [-0.4, -0.2) is 0 Å². The molecule has 208 valence electrons. The van der Waals surface area contributed by atoms with Gasteiger partial charge in [0.2, 0.25) is 0 Å². The third-order valence-electron chi connectivity index (χ3n) is 8.42. The van der Waals surface area contributed by atoms with E-state index in [1.807, 2.05) is 12.1 Å². The number of rotatable bonds is 12. The van der Waals surface area contributed by atoms with Crippen LogP contribution in [0.2, 0.25) is 0 Å². The molecule has 0 heterocycles. The van der Waals surface area contributed by atoms with Crippen molar-refractivity contribution in [3.63, 3.8) is 0 Å². The van der Waals surface area contributed by atoms with Gasteiger partial charge >= 0.3 is 0 Å². The minimum absolute atomic E-state index is 0.234. The van der Waals surface area contributed by atoms with Crippen LogP contribution >= 0.6 is 0 Å². The Morgan fingerprint density at radius 2 is 1.31 bits per heavy atom. The van der Waals surface area contributed by atoms with Crippen molar-refractivity contribution >= 4 is 0 Å². The van der Waals surface area contributed by atoms with Crippen LogP contribution in [0.15, 0.2) is 66.7 Å². The largest absolute Gasteiger partial charge is 0.206 e. The van der Waals surface area contributed by atoms with Crippen molar-refractivity contribution in [1.82, 2.24) is 0 Å². The molecule has 1 aliphatic carbocycles. The summed E-state index contributed by atoms with van der Waals surface area (Å²) < 4.78 is 45.0. The molecule has 0 unspecified atom stereocenters. The maximum absolute atomic E-state index is 15.2. The van der Waals surface area contributed by atoms with E-state index < -0.39 is 11.6 Å². The Bertz CT molecular complexity index is 1220. The van der Waals surface area contributed by atoms with E-state index in [0.29, 0.717) is 34.9 Å². The lowest BCUT2D eigenvalue weighted by atomic mass is 9.78. The predicted octanol–water partition coefficient (Wildman–Crippen LogP) is 11.6. The first-order chi connectivity index (χ1) is 19.0. The number of hydrogen-bond acceptors (Lipinski definition) is 0.